The third-order valence-corrected chi connectivity index (χ3v) is 1.59. The van der Waals surface area contributed by atoms with E-state index in [4.69, 9.17) is 21.3 Å². The first-order valence-corrected chi connectivity index (χ1v) is 4.13. The van der Waals surface area contributed by atoms with Crippen LogP contribution in [-0.2, 0) is 14.3 Å². The van der Waals surface area contributed by atoms with Crippen LogP contribution in [0.1, 0.15) is 6.42 Å². The smallest absolute Gasteiger partial charge is 0.320 e. The van der Waals surface area contributed by atoms with Gasteiger partial charge in [0, 0.05) is 6.42 Å². The Kier molecular flexibility index (Phi) is 6.23. The van der Waals surface area contributed by atoms with Crippen LogP contribution in [0, 0.1) is 0 Å². The van der Waals surface area contributed by atoms with E-state index < -0.39 is 24.0 Å². The van der Waals surface area contributed by atoms with Gasteiger partial charge in [0.25, 0.3) is 0 Å². The molecule has 1 amide bonds. The molecule has 0 aliphatic heterocycles. The number of carboxylic acids is 1. The van der Waals surface area contributed by atoms with Gasteiger partial charge in [-0.3, -0.25) is 9.59 Å². The van der Waals surface area contributed by atoms with E-state index in [1.165, 1.54) is 0 Å². The Bertz CT molecular complexity index is 257. The summed E-state index contributed by atoms with van der Waals surface area (Å²) in [6.45, 7) is -0.170. The van der Waals surface area contributed by atoms with E-state index in [1.54, 1.807) is 0 Å². The average Bonchev–Trinajstić information content (AvgIpc) is 2.15. The van der Waals surface area contributed by atoms with Gasteiger partial charge in [-0.1, -0.05) is 0 Å². The summed E-state index contributed by atoms with van der Waals surface area (Å²) in [6, 6.07) is -1.24. The van der Waals surface area contributed by atoms with Gasteiger partial charge in [-0.25, -0.2) is 4.39 Å². The van der Waals surface area contributed by atoms with E-state index in [0.29, 0.717) is 0 Å². The lowest BCUT2D eigenvalue weighted by Gasteiger charge is -2.15. The average molecular weight is 220 g/mol. The van der Waals surface area contributed by atoms with Crippen molar-refractivity contribution in [1.29, 1.82) is 0 Å². The summed E-state index contributed by atoms with van der Waals surface area (Å²) in [7, 11) is 0. The molecule has 2 unspecified atom stereocenters. The van der Waals surface area contributed by atoms with Gasteiger partial charge >= 0.3 is 5.97 Å². The summed E-state index contributed by atoms with van der Waals surface area (Å²) in [4.78, 5) is 21.2. The number of primary amides is 1. The molecule has 86 valence electrons. The van der Waals surface area contributed by atoms with Crippen LogP contribution >= 0.6 is 0 Å². The number of carboxylic acid groups (broad SMARTS) is 1. The monoisotopic (exact) mass is 220 g/mol. The molecule has 0 radical (unpaired) electrons. The molecule has 7 heteroatoms. The molecule has 0 saturated heterocycles. The Balaban J connectivity index is 4.15. The van der Waals surface area contributed by atoms with Gasteiger partial charge in [0.05, 0.1) is 12.9 Å². The Morgan fingerprint density at radius 3 is 2.53 bits per heavy atom. The summed E-state index contributed by atoms with van der Waals surface area (Å²) in [5.74, 6) is -2.09. The molecule has 6 nitrogen and oxygen atoms in total. The first kappa shape index (κ1) is 13.5. The highest BCUT2D eigenvalue weighted by Crippen LogP contribution is 2.02. The highest BCUT2D eigenvalue weighted by molar-refractivity contribution is 5.80. The lowest BCUT2D eigenvalue weighted by Crippen LogP contribution is -2.40. The summed E-state index contributed by atoms with van der Waals surface area (Å²) in [5.41, 5.74) is 10.1. The first-order valence-electron chi connectivity index (χ1n) is 4.13. The molecule has 0 aliphatic rings. The molecule has 0 saturated carbocycles. The molecule has 0 spiro atoms. The van der Waals surface area contributed by atoms with E-state index >= 15 is 0 Å². The zero-order valence-corrected chi connectivity index (χ0v) is 7.93. The van der Waals surface area contributed by atoms with Crippen LogP contribution in [0.15, 0.2) is 12.4 Å². The second kappa shape index (κ2) is 6.91. The number of carbonyl (C=O) groups is 2. The van der Waals surface area contributed by atoms with Gasteiger partial charge in [0.15, 0.2) is 0 Å². The second-order valence-corrected chi connectivity index (χ2v) is 2.77. The van der Waals surface area contributed by atoms with Crippen molar-refractivity contribution >= 4 is 11.9 Å². The van der Waals surface area contributed by atoms with Crippen molar-refractivity contribution in [2.45, 2.75) is 18.6 Å². The van der Waals surface area contributed by atoms with Crippen molar-refractivity contribution in [3.8, 4) is 0 Å². The van der Waals surface area contributed by atoms with Crippen LogP contribution < -0.4 is 11.5 Å². The number of rotatable bonds is 7. The number of carbonyl (C=O) groups excluding carboxylic acids is 1. The van der Waals surface area contributed by atoms with Gasteiger partial charge in [0.1, 0.15) is 12.1 Å². The maximum absolute atomic E-state index is 11.5. The zero-order chi connectivity index (χ0) is 11.8. The Morgan fingerprint density at radius 1 is 1.53 bits per heavy atom. The highest BCUT2D eigenvalue weighted by atomic mass is 19.1. The topological polar surface area (TPSA) is 116 Å². The van der Waals surface area contributed by atoms with Crippen molar-refractivity contribution in [1.82, 2.24) is 0 Å². The molecule has 2 atom stereocenters. The van der Waals surface area contributed by atoms with Crippen molar-refractivity contribution in [2.75, 3.05) is 6.61 Å². The summed E-state index contributed by atoms with van der Waals surface area (Å²) in [6.07, 6.45) is -0.116. The second-order valence-electron chi connectivity index (χ2n) is 2.77. The van der Waals surface area contributed by atoms with Crippen LogP contribution in [0.2, 0.25) is 0 Å². The predicted molar refractivity (Wildman–Crippen MR) is 49.4 cm³/mol. The number of halogens is 1. The minimum absolute atomic E-state index is 0.170. The quantitative estimate of drug-likeness (QED) is 0.516. The summed E-state index contributed by atoms with van der Waals surface area (Å²) >= 11 is 0. The third-order valence-electron chi connectivity index (χ3n) is 1.59. The molecule has 0 aliphatic carbocycles. The molecular weight excluding hydrogens is 207 g/mol. The minimum Gasteiger partial charge on any atom is -0.480 e. The highest BCUT2D eigenvalue weighted by Gasteiger charge is 2.23. The maximum atomic E-state index is 11.5. The molecule has 0 heterocycles. The maximum Gasteiger partial charge on any atom is 0.320 e. The van der Waals surface area contributed by atoms with E-state index in [2.05, 4.69) is 0 Å². The summed E-state index contributed by atoms with van der Waals surface area (Å²) in [5, 5.41) is 8.48. The number of amides is 1. The molecule has 0 aromatic rings. The van der Waals surface area contributed by atoms with E-state index in [0.717, 1.165) is 6.08 Å². The molecule has 0 fully saturated rings. The molecule has 5 N–H and O–H groups in total. The summed E-state index contributed by atoms with van der Waals surface area (Å²) < 4.78 is 16.4. The number of ether oxygens (including phenoxy) is 1. The van der Waals surface area contributed by atoms with E-state index in [9.17, 15) is 14.0 Å². The number of hydrogen-bond acceptors (Lipinski definition) is 4. The lowest BCUT2D eigenvalue weighted by molar-refractivity contribution is -0.140. The fraction of sp³-hybridized carbons (Fsp3) is 0.500. The molecule has 0 aromatic carbocycles. The Labute approximate surface area is 85.7 Å². The van der Waals surface area contributed by atoms with Crippen LogP contribution in [0.4, 0.5) is 4.39 Å². The van der Waals surface area contributed by atoms with Crippen molar-refractivity contribution in [3.05, 3.63) is 12.4 Å². The first-order chi connectivity index (χ1) is 6.99. The standard InChI is InChI=1S/C8H13FN2O4/c9-2-1-3-15-6(7(11)12)4-5(10)8(13)14/h1-2,5-6H,3-4,10H2,(H2,11,12)(H,13,14)/b2-1+. The SMILES string of the molecule is NC(=O)C(CC(N)C(=O)O)OC/C=C/F. The van der Waals surface area contributed by atoms with Crippen LogP contribution in [0.25, 0.3) is 0 Å². The Hall–Kier alpha value is -1.47. The van der Waals surface area contributed by atoms with Crippen LogP contribution in [-0.4, -0.2) is 35.7 Å². The molecule has 0 aromatic heterocycles. The number of nitrogens with two attached hydrogens (primary N) is 2. The van der Waals surface area contributed by atoms with Crippen LogP contribution in [0.3, 0.4) is 0 Å². The molecule has 15 heavy (non-hydrogen) atoms. The zero-order valence-electron chi connectivity index (χ0n) is 7.93. The minimum atomic E-state index is -1.26. The van der Waals surface area contributed by atoms with Gasteiger partial charge in [0.2, 0.25) is 5.91 Å². The van der Waals surface area contributed by atoms with Gasteiger partial charge in [-0.05, 0) is 6.08 Å². The normalized spacial score (nSPS) is 15.1. The van der Waals surface area contributed by atoms with E-state index in [1.807, 2.05) is 0 Å². The lowest BCUT2D eigenvalue weighted by atomic mass is 10.1. The third kappa shape index (κ3) is 5.76. The molecule has 0 rings (SSSR count). The van der Waals surface area contributed by atoms with E-state index in [-0.39, 0.29) is 19.4 Å². The molecule has 0 bridgehead atoms. The van der Waals surface area contributed by atoms with Crippen molar-refractivity contribution in [3.63, 3.8) is 0 Å². The number of aliphatic carboxylic acids is 1. The molecular formula is C8H13FN2O4. The predicted octanol–water partition coefficient (Wildman–Crippen LogP) is -0.858. The fourth-order valence-electron chi connectivity index (χ4n) is 0.806. The fourth-order valence-corrected chi connectivity index (χ4v) is 0.806. The van der Waals surface area contributed by atoms with Gasteiger partial charge in [-0.2, -0.15) is 0 Å². The largest absolute Gasteiger partial charge is 0.480 e. The van der Waals surface area contributed by atoms with Gasteiger partial charge in [-0.15, -0.1) is 0 Å². The van der Waals surface area contributed by atoms with Crippen molar-refractivity contribution in [2.24, 2.45) is 11.5 Å². The van der Waals surface area contributed by atoms with Gasteiger partial charge < -0.3 is 21.3 Å². The number of hydrogen-bond donors (Lipinski definition) is 3. The Morgan fingerprint density at radius 2 is 2.13 bits per heavy atom. The van der Waals surface area contributed by atoms with Crippen LogP contribution in [0.5, 0.6) is 0 Å². The van der Waals surface area contributed by atoms with Crippen molar-refractivity contribution < 1.29 is 23.8 Å².